The zero-order valence-electron chi connectivity index (χ0n) is 10.5. The van der Waals surface area contributed by atoms with Crippen LogP contribution in [0.2, 0.25) is 0 Å². The first kappa shape index (κ1) is 12.5. The van der Waals surface area contributed by atoms with Gasteiger partial charge in [0.15, 0.2) is 0 Å². The van der Waals surface area contributed by atoms with Crippen LogP contribution in [-0.2, 0) is 6.42 Å². The Morgan fingerprint density at radius 2 is 2.18 bits per heavy atom. The van der Waals surface area contributed by atoms with Gasteiger partial charge in [0, 0.05) is 31.4 Å². The molecule has 1 fully saturated rings. The van der Waals surface area contributed by atoms with Gasteiger partial charge in [-0.3, -0.25) is 4.98 Å². The number of likely N-dealkylation sites (tertiary alicyclic amines) is 1. The molecule has 2 atom stereocenters. The van der Waals surface area contributed by atoms with Crippen LogP contribution in [0.15, 0.2) is 24.5 Å². The van der Waals surface area contributed by atoms with Gasteiger partial charge in [-0.05, 0) is 43.5 Å². The van der Waals surface area contributed by atoms with Gasteiger partial charge in [0.05, 0.1) is 6.10 Å². The monoisotopic (exact) mass is 234 g/mol. The van der Waals surface area contributed by atoms with Crippen molar-refractivity contribution in [3.8, 4) is 0 Å². The van der Waals surface area contributed by atoms with E-state index < -0.39 is 0 Å². The number of pyridine rings is 1. The summed E-state index contributed by atoms with van der Waals surface area (Å²) in [6.45, 7) is 5.43. The van der Waals surface area contributed by atoms with Crippen molar-refractivity contribution in [2.75, 3.05) is 19.6 Å². The number of hydrogen-bond donors (Lipinski definition) is 1. The number of hydrogen-bond acceptors (Lipinski definition) is 3. The smallest absolute Gasteiger partial charge is 0.0596 e. The molecule has 0 aromatic carbocycles. The molecule has 1 N–H and O–H groups in total. The van der Waals surface area contributed by atoms with Crippen molar-refractivity contribution in [2.45, 2.75) is 32.3 Å². The van der Waals surface area contributed by atoms with E-state index in [-0.39, 0.29) is 6.10 Å². The number of piperidine rings is 1. The molecule has 1 aromatic heterocycles. The third kappa shape index (κ3) is 3.51. The van der Waals surface area contributed by atoms with Gasteiger partial charge in [0.25, 0.3) is 0 Å². The topological polar surface area (TPSA) is 36.4 Å². The highest BCUT2D eigenvalue weighted by Gasteiger charge is 2.27. The molecule has 1 aliphatic rings. The number of aliphatic hydroxyl groups is 1. The van der Waals surface area contributed by atoms with E-state index in [4.69, 9.17) is 0 Å². The van der Waals surface area contributed by atoms with E-state index in [2.05, 4.69) is 16.8 Å². The Labute approximate surface area is 103 Å². The van der Waals surface area contributed by atoms with E-state index in [1.165, 1.54) is 12.0 Å². The average Bonchev–Trinajstić information content (AvgIpc) is 2.35. The Balaban J connectivity index is 1.94. The lowest BCUT2D eigenvalue weighted by Crippen LogP contribution is -2.44. The highest BCUT2D eigenvalue weighted by atomic mass is 16.3. The summed E-state index contributed by atoms with van der Waals surface area (Å²) in [5, 5.41) is 10.1. The molecular weight excluding hydrogens is 212 g/mol. The van der Waals surface area contributed by atoms with Crippen molar-refractivity contribution in [3.63, 3.8) is 0 Å². The maximum absolute atomic E-state index is 10.1. The van der Waals surface area contributed by atoms with Crippen LogP contribution in [-0.4, -0.2) is 40.7 Å². The second-order valence-corrected chi connectivity index (χ2v) is 4.98. The maximum atomic E-state index is 10.1. The average molecular weight is 234 g/mol. The fourth-order valence-electron chi connectivity index (χ4n) is 2.64. The van der Waals surface area contributed by atoms with Gasteiger partial charge in [-0.2, -0.15) is 0 Å². The van der Waals surface area contributed by atoms with Crippen molar-refractivity contribution < 1.29 is 5.11 Å². The zero-order chi connectivity index (χ0) is 12.1. The van der Waals surface area contributed by atoms with E-state index in [0.29, 0.717) is 5.92 Å². The largest absolute Gasteiger partial charge is 0.393 e. The second kappa shape index (κ2) is 6.12. The van der Waals surface area contributed by atoms with Crippen LogP contribution in [0.5, 0.6) is 0 Å². The van der Waals surface area contributed by atoms with Crippen LogP contribution < -0.4 is 0 Å². The van der Waals surface area contributed by atoms with Gasteiger partial charge in [0.1, 0.15) is 0 Å². The zero-order valence-corrected chi connectivity index (χ0v) is 10.5. The summed E-state index contributed by atoms with van der Waals surface area (Å²) in [5.41, 5.74) is 1.28. The highest BCUT2D eigenvalue weighted by molar-refractivity contribution is 5.11. The summed E-state index contributed by atoms with van der Waals surface area (Å²) < 4.78 is 0. The van der Waals surface area contributed by atoms with Crippen molar-refractivity contribution in [1.29, 1.82) is 0 Å². The lowest BCUT2D eigenvalue weighted by Gasteiger charge is -2.36. The van der Waals surface area contributed by atoms with Gasteiger partial charge in [0.2, 0.25) is 0 Å². The first-order valence-corrected chi connectivity index (χ1v) is 6.59. The second-order valence-electron chi connectivity index (χ2n) is 4.98. The Morgan fingerprint density at radius 1 is 1.41 bits per heavy atom. The SMILES string of the molecule is CCCN1CCC(O)C(Cc2ccncc2)C1. The number of aliphatic hydroxyl groups excluding tert-OH is 1. The van der Waals surface area contributed by atoms with Crippen LogP contribution in [0, 0.1) is 5.92 Å². The standard InChI is InChI=1S/C14H22N2O/c1-2-8-16-9-5-14(17)13(11-16)10-12-3-6-15-7-4-12/h3-4,6-7,13-14,17H,2,5,8-11H2,1H3. The minimum atomic E-state index is -0.142. The van der Waals surface area contributed by atoms with Crippen molar-refractivity contribution in [1.82, 2.24) is 9.88 Å². The van der Waals surface area contributed by atoms with Crippen LogP contribution in [0.1, 0.15) is 25.3 Å². The minimum absolute atomic E-state index is 0.142. The van der Waals surface area contributed by atoms with Crippen molar-refractivity contribution in [2.24, 2.45) is 5.92 Å². The molecule has 1 saturated heterocycles. The van der Waals surface area contributed by atoms with E-state index in [0.717, 1.165) is 32.5 Å². The van der Waals surface area contributed by atoms with Gasteiger partial charge in [-0.25, -0.2) is 0 Å². The lowest BCUT2D eigenvalue weighted by atomic mass is 9.89. The molecular formula is C14H22N2O. The predicted molar refractivity (Wildman–Crippen MR) is 68.8 cm³/mol. The quantitative estimate of drug-likeness (QED) is 0.861. The third-order valence-corrected chi connectivity index (χ3v) is 3.57. The van der Waals surface area contributed by atoms with E-state index in [9.17, 15) is 5.11 Å². The molecule has 1 aromatic rings. The van der Waals surface area contributed by atoms with E-state index >= 15 is 0 Å². The predicted octanol–water partition coefficient (Wildman–Crippen LogP) is 1.72. The van der Waals surface area contributed by atoms with Crippen molar-refractivity contribution >= 4 is 0 Å². The summed E-state index contributed by atoms with van der Waals surface area (Å²) in [6, 6.07) is 4.09. The minimum Gasteiger partial charge on any atom is -0.393 e. The molecule has 0 bridgehead atoms. The summed E-state index contributed by atoms with van der Waals surface area (Å²) in [4.78, 5) is 6.50. The highest BCUT2D eigenvalue weighted by Crippen LogP contribution is 2.21. The van der Waals surface area contributed by atoms with Crippen LogP contribution >= 0.6 is 0 Å². The molecule has 2 heterocycles. The summed E-state index contributed by atoms with van der Waals surface area (Å²) in [6.07, 6.45) is 6.58. The van der Waals surface area contributed by atoms with Crippen LogP contribution in [0.3, 0.4) is 0 Å². The molecule has 3 nitrogen and oxygen atoms in total. The van der Waals surface area contributed by atoms with Gasteiger partial charge >= 0.3 is 0 Å². The molecule has 2 unspecified atom stereocenters. The summed E-state index contributed by atoms with van der Waals surface area (Å²) in [5.74, 6) is 0.373. The van der Waals surface area contributed by atoms with Gasteiger partial charge in [-0.1, -0.05) is 6.92 Å². The molecule has 3 heteroatoms. The van der Waals surface area contributed by atoms with Crippen LogP contribution in [0.25, 0.3) is 0 Å². The molecule has 0 saturated carbocycles. The number of nitrogens with zero attached hydrogens (tertiary/aromatic N) is 2. The summed E-state index contributed by atoms with van der Waals surface area (Å²) >= 11 is 0. The molecule has 0 radical (unpaired) electrons. The van der Waals surface area contributed by atoms with E-state index in [1.54, 1.807) is 0 Å². The Morgan fingerprint density at radius 3 is 2.88 bits per heavy atom. The molecule has 17 heavy (non-hydrogen) atoms. The fourth-order valence-corrected chi connectivity index (χ4v) is 2.64. The Bertz CT molecular complexity index is 328. The Kier molecular flexibility index (Phi) is 4.51. The number of rotatable bonds is 4. The first-order chi connectivity index (χ1) is 8.29. The van der Waals surface area contributed by atoms with Crippen LogP contribution in [0.4, 0.5) is 0 Å². The molecule has 0 amide bonds. The maximum Gasteiger partial charge on any atom is 0.0596 e. The molecule has 94 valence electrons. The van der Waals surface area contributed by atoms with E-state index in [1.807, 2.05) is 24.5 Å². The van der Waals surface area contributed by atoms with Gasteiger partial charge in [-0.15, -0.1) is 0 Å². The lowest BCUT2D eigenvalue weighted by molar-refractivity contribution is 0.0270. The first-order valence-electron chi connectivity index (χ1n) is 6.59. The molecule has 0 spiro atoms. The third-order valence-electron chi connectivity index (χ3n) is 3.57. The number of aromatic nitrogens is 1. The molecule has 2 rings (SSSR count). The molecule has 0 aliphatic carbocycles. The van der Waals surface area contributed by atoms with Gasteiger partial charge < -0.3 is 10.0 Å². The van der Waals surface area contributed by atoms with Crippen molar-refractivity contribution in [3.05, 3.63) is 30.1 Å². The Hall–Kier alpha value is -0.930. The normalized spacial score (nSPS) is 26.0. The molecule has 1 aliphatic heterocycles. The summed E-state index contributed by atoms with van der Waals surface area (Å²) in [7, 11) is 0. The fraction of sp³-hybridized carbons (Fsp3) is 0.643.